The second kappa shape index (κ2) is 6.07. The van der Waals surface area contributed by atoms with E-state index in [4.69, 9.17) is 5.11 Å². The van der Waals surface area contributed by atoms with E-state index < -0.39 is 12.0 Å². The molecule has 1 aliphatic rings. The van der Waals surface area contributed by atoms with Crippen LogP contribution >= 0.6 is 0 Å². The molecular formula is C13H24N2O3. The van der Waals surface area contributed by atoms with Crippen molar-refractivity contribution in [2.75, 3.05) is 13.1 Å². The van der Waals surface area contributed by atoms with Gasteiger partial charge in [0.05, 0.1) is 0 Å². The lowest BCUT2D eigenvalue weighted by Gasteiger charge is -2.33. The third-order valence-corrected chi connectivity index (χ3v) is 3.20. The molecule has 0 aromatic rings. The van der Waals surface area contributed by atoms with Gasteiger partial charge in [-0.3, -0.25) is 0 Å². The van der Waals surface area contributed by atoms with Crippen LogP contribution in [0.15, 0.2) is 0 Å². The predicted octanol–water partition coefficient (Wildman–Crippen LogP) is 2.07. The number of hydrogen-bond donors (Lipinski definition) is 2. The van der Waals surface area contributed by atoms with E-state index in [2.05, 4.69) is 26.1 Å². The molecule has 104 valence electrons. The molecule has 1 saturated heterocycles. The molecule has 18 heavy (non-hydrogen) atoms. The molecule has 0 aromatic carbocycles. The minimum atomic E-state index is -0.902. The summed E-state index contributed by atoms with van der Waals surface area (Å²) in [5, 5.41) is 11.9. The van der Waals surface area contributed by atoms with Gasteiger partial charge in [0.25, 0.3) is 0 Å². The summed E-state index contributed by atoms with van der Waals surface area (Å²) in [6.45, 7) is 7.46. The number of carbonyl (C=O) groups excluding carboxylic acids is 1. The number of rotatable bonds is 3. The summed E-state index contributed by atoms with van der Waals surface area (Å²) in [5.41, 5.74) is 0.168. The first kappa shape index (κ1) is 14.8. The standard InChI is InChI=1S/C13H24N2O3/c1-13(2,3)7-8-14-12(18)15-9-5-4-6-10(15)11(16)17/h10H,4-9H2,1-3H3,(H,14,18)(H,16,17). The summed E-state index contributed by atoms with van der Waals surface area (Å²) in [6.07, 6.45) is 3.20. The molecule has 0 aliphatic carbocycles. The SMILES string of the molecule is CC(C)(C)CCNC(=O)N1CCCCC1C(=O)O. The van der Waals surface area contributed by atoms with E-state index in [0.29, 0.717) is 19.5 Å². The first-order valence-corrected chi connectivity index (χ1v) is 6.58. The topological polar surface area (TPSA) is 69.6 Å². The van der Waals surface area contributed by atoms with Crippen LogP contribution in [0.25, 0.3) is 0 Å². The summed E-state index contributed by atoms with van der Waals surface area (Å²) in [5.74, 6) is -0.902. The number of piperidine rings is 1. The molecule has 1 heterocycles. The van der Waals surface area contributed by atoms with Gasteiger partial charge in [0.2, 0.25) is 0 Å². The van der Waals surface area contributed by atoms with Crippen LogP contribution in [0.3, 0.4) is 0 Å². The molecule has 0 aromatic heterocycles. The van der Waals surface area contributed by atoms with Crippen LogP contribution < -0.4 is 5.32 Å². The van der Waals surface area contributed by atoms with Crippen molar-refractivity contribution in [2.24, 2.45) is 5.41 Å². The van der Waals surface area contributed by atoms with E-state index in [0.717, 1.165) is 19.3 Å². The Bertz CT molecular complexity index is 310. The maximum absolute atomic E-state index is 12.0. The van der Waals surface area contributed by atoms with Crippen molar-refractivity contribution in [1.82, 2.24) is 10.2 Å². The molecule has 0 radical (unpaired) electrons. The molecule has 1 aliphatic heterocycles. The maximum Gasteiger partial charge on any atom is 0.326 e. The molecular weight excluding hydrogens is 232 g/mol. The first-order chi connectivity index (χ1) is 8.31. The van der Waals surface area contributed by atoms with Crippen LogP contribution in [-0.4, -0.2) is 41.1 Å². The number of hydrogen-bond acceptors (Lipinski definition) is 2. The fourth-order valence-corrected chi connectivity index (χ4v) is 2.08. The molecule has 0 spiro atoms. The molecule has 0 bridgehead atoms. The van der Waals surface area contributed by atoms with Crippen LogP contribution in [0.2, 0.25) is 0 Å². The fraction of sp³-hybridized carbons (Fsp3) is 0.846. The molecule has 2 amide bonds. The highest BCUT2D eigenvalue weighted by atomic mass is 16.4. The molecule has 1 atom stereocenters. The van der Waals surface area contributed by atoms with Crippen molar-refractivity contribution in [2.45, 2.75) is 52.5 Å². The van der Waals surface area contributed by atoms with Gasteiger partial charge in [-0.05, 0) is 31.1 Å². The quantitative estimate of drug-likeness (QED) is 0.812. The smallest absolute Gasteiger partial charge is 0.326 e. The van der Waals surface area contributed by atoms with E-state index in [-0.39, 0.29) is 11.4 Å². The summed E-state index contributed by atoms with van der Waals surface area (Å²) in [7, 11) is 0. The van der Waals surface area contributed by atoms with Gasteiger partial charge in [0.1, 0.15) is 6.04 Å². The van der Waals surface area contributed by atoms with Crippen molar-refractivity contribution >= 4 is 12.0 Å². The summed E-state index contributed by atoms with van der Waals surface area (Å²) < 4.78 is 0. The highest BCUT2D eigenvalue weighted by Crippen LogP contribution is 2.19. The zero-order valence-corrected chi connectivity index (χ0v) is 11.5. The van der Waals surface area contributed by atoms with Crippen molar-refractivity contribution in [1.29, 1.82) is 0 Å². The third kappa shape index (κ3) is 4.55. The average molecular weight is 256 g/mol. The summed E-state index contributed by atoms with van der Waals surface area (Å²) in [6, 6.07) is -0.903. The van der Waals surface area contributed by atoms with Gasteiger partial charge < -0.3 is 15.3 Å². The monoisotopic (exact) mass is 256 g/mol. The Morgan fingerprint density at radius 2 is 2.00 bits per heavy atom. The van der Waals surface area contributed by atoms with Gasteiger partial charge >= 0.3 is 12.0 Å². The Kier molecular flexibility index (Phi) is 4.99. The molecule has 5 nitrogen and oxygen atoms in total. The fourth-order valence-electron chi connectivity index (χ4n) is 2.08. The average Bonchev–Trinajstić information content (AvgIpc) is 2.27. The summed E-state index contributed by atoms with van der Waals surface area (Å²) in [4.78, 5) is 24.5. The van der Waals surface area contributed by atoms with Crippen LogP contribution in [-0.2, 0) is 4.79 Å². The second-order valence-electron chi connectivity index (χ2n) is 6.09. The lowest BCUT2D eigenvalue weighted by molar-refractivity contribution is -0.143. The number of likely N-dealkylation sites (tertiary alicyclic amines) is 1. The Balaban J connectivity index is 2.46. The molecule has 2 N–H and O–H groups in total. The van der Waals surface area contributed by atoms with Gasteiger partial charge in [-0.2, -0.15) is 0 Å². The molecule has 1 unspecified atom stereocenters. The van der Waals surface area contributed by atoms with E-state index >= 15 is 0 Å². The Hall–Kier alpha value is -1.26. The van der Waals surface area contributed by atoms with Crippen LogP contribution in [0.1, 0.15) is 46.5 Å². The normalized spacial score (nSPS) is 20.6. The number of nitrogens with one attached hydrogen (secondary N) is 1. The number of carboxylic acid groups (broad SMARTS) is 1. The third-order valence-electron chi connectivity index (χ3n) is 3.20. The van der Waals surface area contributed by atoms with Gasteiger partial charge in [-0.25, -0.2) is 9.59 Å². The van der Waals surface area contributed by atoms with E-state index in [1.165, 1.54) is 4.90 Å². The Labute approximate surface area is 109 Å². The molecule has 1 rings (SSSR count). The zero-order chi connectivity index (χ0) is 13.8. The maximum atomic E-state index is 12.0. The van der Waals surface area contributed by atoms with Gasteiger partial charge in [0.15, 0.2) is 0 Å². The molecule has 0 saturated carbocycles. The van der Waals surface area contributed by atoms with Gasteiger partial charge in [-0.15, -0.1) is 0 Å². The van der Waals surface area contributed by atoms with E-state index in [1.807, 2.05) is 0 Å². The Morgan fingerprint density at radius 1 is 1.33 bits per heavy atom. The van der Waals surface area contributed by atoms with E-state index in [9.17, 15) is 9.59 Å². The van der Waals surface area contributed by atoms with Crippen molar-refractivity contribution in [3.8, 4) is 0 Å². The Morgan fingerprint density at radius 3 is 2.56 bits per heavy atom. The number of carbonyl (C=O) groups is 2. The highest BCUT2D eigenvalue weighted by Gasteiger charge is 2.31. The van der Waals surface area contributed by atoms with Crippen LogP contribution in [0, 0.1) is 5.41 Å². The largest absolute Gasteiger partial charge is 0.480 e. The van der Waals surface area contributed by atoms with E-state index in [1.54, 1.807) is 0 Å². The number of nitrogens with zero attached hydrogens (tertiary/aromatic N) is 1. The number of carboxylic acids is 1. The zero-order valence-electron chi connectivity index (χ0n) is 11.5. The predicted molar refractivity (Wildman–Crippen MR) is 69.5 cm³/mol. The molecule has 5 heteroatoms. The summed E-state index contributed by atoms with van der Waals surface area (Å²) >= 11 is 0. The number of amides is 2. The van der Waals surface area contributed by atoms with Crippen molar-refractivity contribution in [3.05, 3.63) is 0 Å². The van der Waals surface area contributed by atoms with Crippen LogP contribution in [0.4, 0.5) is 4.79 Å². The lowest BCUT2D eigenvalue weighted by atomic mass is 9.92. The minimum absolute atomic E-state index is 0.168. The van der Waals surface area contributed by atoms with Crippen LogP contribution in [0.5, 0.6) is 0 Å². The lowest BCUT2D eigenvalue weighted by Crippen LogP contribution is -2.52. The first-order valence-electron chi connectivity index (χ1n) is 6.58. The highest BCUT2D eigenvalue weighted by molar-refractivity contribution is 5.82. The van der Waals surface area contributed by atoms with Gasteiger partial charge in [0, 0.05) is 13.1 Å². The van der Waals surface area contributed by atoms with Crippen molar-refractivity contribution in [3.63, 3.8) is 0 Å². The van der Waals surface area contributed by atoms with Gasteiger partial charge in [-0.1, -0.05) is 20.8 Å². The number of aliphatic carboxylic acids is 1. The number of urea groups is 1. The second-order valence-corrected chi connectivity index (χ2v) is 6.09. The minimum Gasteiger partial charge on any atom is -0.480 e. The molecule has 1 fully saturated rings. The van der Waals surface area contributed by atoms with Crippen molar-refractivity contribution < 1.29 is 14.7 Å².